The Labute approximate surface area is 181 Å². The van der Waals surface area contributed by atoms with E-state index in [0.29, 0.717) is 17.7 Å². The lowest BCUT2D eigenvalue weighted by Gasteiger charge is -2.45. The van der Waals surface area contributed by atoms with E-state index in [4.69, 9.17) is 9.47 Å². The quantitative estimate of drug-likeness (QED) is 0.459. The number of carbonyl (C=O) groups excluding carboxylic acids is 1. The summed E-state index contributed by atoms with van der Waals surface area (Å²) in [6.07, 6.45) is -4.77. The monoisotopic (exact) mass is 431 g/mol. The van der Waals surface area contributed by atoms with Crippen LogP contribution < -0.4 is 10.1 Å². The standard InChI is InChI=1S/C23H29NO7/c1-4-13-10-15(14-6-5-7-16(11-14)21(28)24-3)8-9-17(13)30-22-23(2,29)20(27)19(26)18(12-25)31-22/h5-11,18-20,22,25-27,29H,4,12H2,1-3H3,(H,24,28). The van der Waals surface area contributed by atoms with Gasteiger partial charge in [-0.05, 0) is 54.3 Å². The van der Waals surface area contributed by atoms with E-state index in [1.807, 2.05) is 31.2 Å². The highest BCUT2D eigenvalue weighted by molar-refractivity contribution is 5.95. The van der Waals surface area contributed by atoms with E-state index in [2.05, 4.69) is 5.32 Å². The minimum atomic E-state index is -1.89. The molecule has 31 heavy (non-hydrogen) atoms. The van der Waals surface area contributed by atoms with Crippen LogP contribution >= 0.6 is 0 Å². The lowest BCUT2D eigenvalue weighted by molar-refractivity contribution is -0.315. The average molecular weight is 431 g/mol. The molecule has 0 aliphatic carbocycles. The van der Waals surface area contributed by atoms with Gasteiger partial charge >= 0.3 is 0 Å². The van der Waals surface area contributed by atoms with E-state index >= 15 is 0 Å². The molecule has 1 aliphatic heterocycles. The summed E-state index contributed by atoms with van der Waals surface area (Å²) in [4.78, 5) is 11.9. The molecule has 2 aromatic carbocycles. The van der Waals surface area contributed by atoms with Crippen molar-refractivity contribution in [1.29, 1.82) is 0 Å². The van der Waals surface area contributed by atoms with Crippen molar-refractivity contribution in [1.82, 2.24) is 5.32 Å². The number of carbonyl (C=O) groups is 1. The fraction of sp³-hybridized carbons (Fsp3) is 0.435. The second-order valence-corrected chi connectivity index (χ2v) is 7.80. The van der Waals surface area contributed by atoms with E-state index < -0.39 is 36.8 Å². The van der Waals surface area contributed by atoms with Crippen molar-refractivity contribution in [3.05, 3.63) is 53.6 Å². The van der Waals surface area contributed by atoms with Crippen molar-refractivity contribution in [2.45, 2.75) is 50.5 Å². The SMILES string of the molecule is CCc1cc(-c2cccc(C(=O)NC)c2)ccc1OC1OC(CO)C(O)C(O)C1(C)O. The molecule has 5 unspecified atom stereocenters. The van der Waals surface area contributed by atoms with Gasteiger partial charge in [0, 0.05) is 12.6 Å². The predicted molar refractivity (Wildman–Crippen MR) is 114 cm³/mol. The zero-order valence-corrected chi connectivity index (χ0v) is 17.8. The Hall–Kier alpha value is -2.49. The Morgan fingerprint density at radius 1 is 1.19 bits per heavy atom. The second-order valence-electron chi connectivity index (χ2n) is 7.80. The summed E-state index contributed by atoms with van der Waals surface area (Å²) in [7, 11) is 1.58. The second kappa shape index (κ2) is 9.33. The lowest BCUT2D eigenvalue weighted by atomic mass is 9.88. The zero-order valence-electron chi connectivity index (χ0n) is 17.8. The van der Waals surface area contributed by atoms with Crippen molar-refractivity contribution in [2.75, 3.05) is 13.7 Å². The smallest absolute Gasteiger partial charge is 0.251 e. The summed E-state index contributed by atoms with van der Waals surface area (Å²) >= 11 is 0. The number of hydrogen-bond acceptors (Lipinski definition) is 7. The number of hydrogen-bond donors (Lipinski definition) is 5. The van der Waals surface area contributed by atoms with Crippen LogP contribution in [0.1, 0.15) is 29.8 Å². The van der Waals surface area contributed by atoms with Gasteiger partial charge in [0.25, 0.3) is 5.91 Å². The van der Waals surface area contributed by atoms with Gasteiger partial charge in [0.15, 0.2) is 5.60 Å². The van der Waals surface area contributed by atoms with E-state index in [-0.39, 0.29) is 5.91 Å². The molecule has 1 heterocycles. The summed E-state index contributed by atoms with van der Waals surface area (Å²) in [6, 6.07) is 12.7. The number of benzene rings is 2. The average Bonchev–Trinajstić information content (AvgIpc) is 2.79. The molecule has 1 aliphatic rings. The number of aryl methyl sites for hydroxylation is 1. The number of ether oxygens (including phenoxy) is 2. The highest BCUT2D eigenvalue weighted by Crippen LogP contribution is 2.34. The van der Waals surface area contributed by atoms with Crippen molar-refractivity contribution >= 4 is 5.91 Å². The van der Waals surface area contributed by atoms with Gasteiger partial charge in [-0.25, -0.2) is 0 Å². The third kappa shape index (κ3) is 4.58. The Balaban J connectivity index is 1.89. The van der Waals surface area contributed by atoms with E-state index in [0.717, 1.165) is 16.7 Å². The maximum absolute atomic E-state index is 11.9. The Morgan fingerprint density at radius 2 is 1.90 bits per heavy atom. The van der Waals surface area contributed by atoms with Gasteiger partial charge in [-0.15, -0.1) is 0 Å². The minimum Gasteiger partial charge on any atom is -0.461 e. The van der Waals surface area contributed by atoms with Crippen LogP contribution in [0.25, 0.3) is 11.1 Å². The molecule has 5 N–H and O–H groups in total. The molecule has 1 saturated heterocycles. The highest BCUT2D eigenvalue weighted by Gasteiger charge is 2.53. The Kier molecular flexibility index (Phi) is 6.98. The molecule has 0 bridgehead atoms. The van der Waals surface area contributed by atoms with Crippen LogP contribution in [0.2, 0.25) is 0 Å². The van der Waals surface area contributed by atoms with Gasteiger partial charge in [0.05, 0.1) is 6.61 Å². The zero-order chi connectivity index (χ0) is 22.8. The van der Waals surface area contributed by atoms with Gasteiger partial charge in [-0.1, -0.05) is 25.1 Å². The van der Waals surface area contributed by atoms with Crippen LogP contribution in [0.5, 0.6) is 5.75 Å². The number of nitrogens with one attached hydrogen (secondary N) is 1. The molecule has 3 rings (SSSR count). The fourth-order valence-electron chi connectivity index (χ4n) is 3.61. The molecule has 1 fully saturated rings. The molecule has 0 radical (unpaired) electrons. The molecule has 1 amide bonds. The minimum absolute atomic E-state index is 0.173. The summed E-state index contributed by atoms with van der Waals surface area (Å²) < 4.78 is 11.4. The van der Waals surface area contributed by atoms with Crippen molar-refractivity contribution in [2.24, 2.45) is 0 Å². The van der Waals surface area contributed by atoms with E-state index in [1.54, 1.807) is 25.2 Å². The highest BCUT2D eigenvalue weighted by atomic mass is 16.7. The third-order valence-corrected chi connectivity index (χ3v) is 5.62. The van der Waals surface area contributed by atoms with Crippen molar-refractivity contribution in [3.8, 4) is 16.9 Å². The molecule has 168 valence electrons. The predicted octanol–water partition coefficient (Wildman–Crippen LogP) is 0.844. The van der Waals surface area contributed by atoms with Crippen LogP contribution in [0, 0.1) is 0 Å². The maximum Gasteiger partial charge on any atom is 0.251 e. The van der Waals surface area contributed by atoms with Crippen LogP contribution in [-0.2, 0) is 11.2 Å². The lowest BCUT2D eigenvalue weighted by Crippen LogP contribution is -2.66. The third-order valence-electron chi connectivity index (χ3n) is 5.62. The van der Waals surface area contributed by atoms with Gasteiger partial charge in [-0.2, -0.15) is 0 Å². The Bertz CT molecular complexity index is 930. The number of amides is 1. The first-order valence-corrected chi connectivity index (χ1v) is 10.2. The van der Waals surface area contributed by atoms with Crippen molar-refractivity contribution in [3.63, 3.8) is 0 Å². The largest absolute Gasteiger partial charge is 0.461 e. The molecule has 0 aromatic heterocycles. The topological polar surface area (TPSA) is 128 Å². The first-order valence-electron chi connectivity index (χ1n) is 10.2. The van der Waals surface area contributed by atoms with Crippen LogP contribution in [-0.4, -0.2) is 70.2 Å². The maximum atomic E-state index is 11.9. The van der Waals surface area contributed by atoms with Gasteiger partial charge in [0.1, 0.15) is 24.1 Å². The molecule has 5 atom stereocenters. The molecule has 8 nitrogen and oxygen atoms in total. The Morgan fingerprint density at radius 3 is 2.55 bits per heavy atom. The summed E-state index contributed by atoms with van der Waals surface area (Å²) in [5, 5.41) is 43.0. The van der Waals surface area contributed by atoms with E-state index in [9.17, 15) is 25.2 Å². The summed E-state index contributed by atoms with van der Waals surface area (Å²) in [5.41, 5.74) is 1.23. The molecular weight excluding hydrogens is 402 g/mol. The van der Waals surface area contributed by atoms with Gasteiger partial charge in [-0.3, -0.25) is 4.79 Å². The molecule has 0 spiro atoms. The number of rotatable bonds is 6. The van der Waals surface area contributed by atoms with Gasteiger partial charge < -0.3 is 35.2 Å². The molecule has 8 heteroatoms. The summed E-state index contributed by atoms with van der Waals surface area (Å²) in [6.45, 7) is 2.72. The number of aliphatic hydroxyl groups excluding tert-OH is 3. The first-order chi connectivity index (χ1) is 14.7. The van der Waals surface area contributed by atoms with Crippen LogP contribution in [0.15, 0.2) is 42.5 Å². The molecule has 2 aromatic rings. The first kappa shape index (κ1) is 23.2. The fourth-order valence-corrected chi connectivity index (χ4v) is 3.61. The summed E-state index contributed by atoms with van der Waals surface area (Å²) in [5.74, 6) is 0.271. The van der Waals surface area contributed by atoms with E-state index in [1.165, 1.54) is 6.92 Å². The van der Waals surface area contributed by atoms with Crippen LogP contribution in [0.3, 0.4) is 0 Å². The van der Waals surface area contributed by atoms with Crippen LogP contribution in [0.4, 0.5) is 0 Å². The molecular formula is C23H29NO7. The normalized spacial score (nSPS) is 28.2. The van der Waals surface area contributed by atoms with Gasteiger partial charge in [0.2, 0.25) is 6.29 Å². The molecule has 0 saturated carbocycles. The number of aliphatic hydroxyl groups is 4. The van der Waals surface area contributed by atoms with Crippen molar-refractivity contribution < 1.29 is 34.7 Å².